The van der Waals surface area contributed by atoms with Crippen LogP contribution < -0.4 is 14.4 Å². The van der Waals surface area contributed by atoms with Gasteiger partial charge in [0.25, 0.3) is 0 Å². The van der Waals surface area contributed by atoms with E-state index >= 15 is 0 Å². The summed E-state index contributed by atoms with van der Waals surface area (Å²) in [4.78, 5) is 2.03. The molecular weight excluding hydrogens is 423 g/mol. The molecule has 0 atom stereocenters. The number of rotatable bonds is 2. The summed E-state index contributed by atoms with van der Waals surface area (Å²) >= 11 is 6.49. The van der Waals surface area contributed by atoms with E-state index in [0.29, 0.717) is 29.3 Å². The molecule has 0 bridgehead atoms. The highest BCUT2D eigenvalue weighted by Gasteiger charge is 2.42. The number of halogens is 4. The van der Waals surface area contributed by atoms with Gasteiger partial charge in [0, 0.05) is 24.6 Å². The van der Waals surface area contributed by atoms with Crippen LogP contribution in [0.15, 0.2) is 24.3 Å². The molecule has 1 fully saturated rings. The third kappa shape index (κ3) is 3.19. The Morgan fingerprint density at radius 1 is 1.23 bits per heavy atom. The van der Waals surface area contributed by atoms with E-state index in [9.17, 15) is 13.2 Å². The summed E-state index contributed by atoms with van der Waals surface area (Å²) in [7, 11) is 1.94. The van der Waals surface area contributed by atoms with Crippen molar-refractivity contribution in [3.05, 3.63) is 29.4 Å². The normalized spacial score (nSPS) is 18.0. The first-order valence-electron chi connectivity index (χ1n) is 9.40. The molecule has 2 aliphatic rings. The van der Waals surface area contributed by atoms with Crippen LogP contribution in [0.4, 0.5) is 18.9 Å². The lowest BCUT2D eigenvalue weighted by molar-refractivity contribution is -0.274. The van der Waals surface area contributed by atoms with E-state index in [1.54, 1.807) is 6.07 Å². The molecule has 0 saturated heterocycles. The summed E-state index contributed by atoms with van der Waals surface area (Å²) < 4.78 is 49.3. The van der Waals surface area contributed by atoms with Crippen LogP contribution in [0.5, 0.6) is 11.5 Å². The molecule has 0 unspecified atom stereocenters. The van der Waals surface area contributed by atoms with E-state index in [0.717, 1.165) is 19.4 Å². The zero-order valence-electron chi connectivity index (χ0n) is 15.9. The predicted octanol–water partition coefficient (Wildman–Crippen LogP) is 4.34. The first kappa shape index (κ1) is 19.2. The molecule has 1 aliphatic heterocycles. The molecule has 3 heterocycles. The number of nitrogens with zero attached hydrogens (tertiary/aromatic N) is 5. The van der Waals surface area contributed by atoms with Crippen molar-refractivity contribution in [1.29, 1.82) is 0 Å². The van der Waals surface area contributed by atoms with Gasteiger partial charge in [-0.3, -0.25) is 0 Å². The van der Waals surface area contributed by atoms with Gasteiger partial charge in [-0.25, -0.2) is 0 Å². The Balaban J connectivity index is 1.59. The zero-order valence-corrected chi connectivity index (χ0v) is 16.7. The Bertz CT molecular complexity index is 1130. The van der Waals surface area contributed by atoms with Gasteiger partial charge in [0.15, 0.2) is 16.7 Å². The highest BCUT2D eigenvalue weighted by Crippen LogP contribution is 2.48. The van der Waals surface area contributed by atoms with Crippen molar-refractivity contribution in [2.45, 2.75) is 25.6 Å². The van der Waals surface area contributed by atoms with Gasteiger partial charge in [0.05, 0.1) is 6.61 Å². The molecule has 5 rings (SSSR count). The van der Waals surface area contributed by atoms with Gasteiger partial charge in [0.1, 0.15) is 11.4 Å². The molecular formula is C19H17ClF3N5O2. The zero-order chi connectivity index (χ0) is 21.1. The smallest absolute Gasteiger partial charge is 0.487 e. The van der Waals surface area contributed by atoms with Crippen LogP contribution in [-0.2, 0) is 0 Å². The van der Waals surface area contributed by atoms with Crippen molar-refractivity contribution in [2.75, 3.05) is 25.1 Å². The number of fused-ring (bicyclic) bond motifs is 3. The van der Waals surface area contributed by atoms with Gasteiger partial charge in [-0.2, -0.15) is 4.52 Å². The molecule has 2 aromatic heterocycles. The van der Waals surface area contributed by atoms with Crippen LogP contribution in [-0.4, -0.2) is 46.4 Å². The van der Waals surface area contributed by atoms with Gasteiger partial charge in [0.2, 0.25) is 5.65 Å². The summed E-state index contributed by atoms with van der Waals surface area (Å²) in [5.41, 5.74) is 1.43. The molecule has 1 aliphatic carbocycles. The third-order valence-corrected chi connectivity index (χ3v) is 5.91. The lowest BCUT2D eigenvalue weighted by Crippen LogP contribution is -2.43. The lowest BCUT2D eigenvalue weighted by atomic mass is 9.69. The maximum atomic E-state index is 12.6. The van der Waals surface area contributed by atoms with Crippen molar-refractivity contribution < 1.29 is 22.6 Å². The van der Waals surface area contributed by atoms with E-state index in [1.165, 1.54) is 29.1 Å². The maximum Gasteiger partial charge on any atom is 0.573 e. The van der Waals surface area contributed by atoms with E-state index in [1.807, 2.05) is 11.9 Å². The van der Waals surface area contributed by atoms with Crippen molar-refractivity contribution in [1.82, 2.24) is 19.8 Å². The molecule has 1 spiro atoms. The number of aromatic nitrogens is 4. The molecule has 0 radical (unpaired) electrons. The van der Waals surface area contributed by atoms with Crippen LogP contribution in [0, 0.1) is 5.41 Å². The minimum absolute atomic E-state index is 0.0835. The van der Waals surface area contributed by atoms with E-state index in [4.69, 9.17) is 16.3 Å². The van der Waals surface area contributed by atoms with Crippen LogP contribution in [0.25, 0.3) is 17.0 Å². The standard InChI is InChI=1S/C19H17ClF3N5O2/c1-27-9-18(6-3-7-18)10-29-14-13(27)15(20)26-28-16(24-25-17(14)28)11-4-2-5-12(8-11)30-19(21,22)23/h2,4-5,8H,3,6-7,9-10H2,1H3. The Labute approximate surface area is 174 Å². The fourth-order valence-corrected chi connectivity index (χ4v) is 4.46. The topological polar surface area (TPSA) is 64.8 Å². The second-order valence-electron chi connectivity index (χ2n) is 7.80. The Morgan fingerprint density at radius 2 is 2.03 bits per heavy atom. The van der Waals surface area contributed by atoms with Crippen molar-refractivity contribution >= 4 is 22.9 Å². The molecule has 30 heavy (non-hydrogen) atoms. The number of ether oxygens (including phenoxy) is 2. The SMILES string of the molecule is CN1CC2(CCC2)COc2c1c(Cl)nn1c(-c3cccc(OC(F)(F)F)c3)nnc21. The average molecular weight is 440 g/mol. The Hall–Kier alpha value is -2.75. The van der Waals surface area contributed by atoms with Crippen LogP contribution in [0.3, 0.4) is 0 Å². The van der Waals surface area contributed by atoms with Gasteiger partial charge in [-0.15, -0.1) is 28.5 Å². The summed E-state index contributed by atoms with van der Waals surface area (Å²) in [6.07, 6.45) is -1.46. The van der Waals surface area contributed by atoms with Gasteiger partial charge in [-0.05, 0) is 25.0 Å². The van der Waals surface area contributed by atoms with Crippen molar-refractivity contribution in [3.8, 4) is 22.9 Å². The maximum absolute atomic E-state index is 12.6. The van der Waals surface area contributed by atoms with Crippen LogP contribution in [0.2, 0.25) is 5.15 Å². The van der Waals surface area contributed by atoms with Crippen LogP contribution >= 0.6 is 11.6 Å². The summed E-state index contributed by atoms with van der Waals surface area (Å²) in [6.45, 7) is 1.34. The molecule has 0 N–H and O–H groups in total. The van der Waals surface area contributed by atoms with Crippen molar-refractivity contribution in [3.63, 3.8) is 0 Å². The van der Waals surface area contributed by atoms with Crippen molar-refractivity contribution in [2.24, 2.45) is 5.41 Å². The number of anilines is 1. The quantitative estimate of drug-likeness (QED) is 0.591. The second-order valence-corrected chi connectivity index (χ2v) is 8.16. The molecule has 1 aromatic carbocycles. The van der Waals surface area contributed by atoms with Gasteiger partial charge >= 0.3 is 6.36 Å². The molecule has 11 heteroatoms. The van der Waals surface area contributed by atoms with Gasteiger partial charge < -0.3 is 14.4 Å². The Kier molecular flexibility index (Phi) is 4.25. The number of alkyl halides is 3. The minimum Gasteiger partial charge on any atom is -0.487 e. The number of hydrogen-bond acceptors (Lipinski definition) is 6. The minimum atomic E-state index is -4.79. The number of hydrogen-bond donors (Lipinski definition) is 0. The summed E-state index contributed by atoms with van der Waals surface area (Å²) in [5.74, 6) is 0.347. The van der Waals surface area contributed by atoms with Crippen LogP contribution in [0.1, 0.15) is 19.3 Å². The fraction of sp³-hybridized carbons (Fsp3) is 0.421. The van der Waals surface area contributed by atoms with E-state index in [2.05, 4.69) is 20.0 Å². The molecule has 3 aromatic rings. The molecule has 0 amide bonds. The third-order valence-electron chi connectivity index (χ3n) is 5.66. The Morgan fingerprint density at radius 3 is 2.73 bits per heavy atom. The highest BCUT2D eigenvalue weighted by atomic mass is 35.5. The monoisotopic (exact) mass is 439 g/mol. The number of benzene rings is 1. The summed E-state index contributed by atoms with van der Waals surface area (Å²) in [5, 5.41) is 12.9. The average Bonchev–Trinajstić information content (AvgIpc) is 2.97. The molecule has 7 nitrogen and oxygen atoms in total. The molecule has 158 valence electrons. The fourth-order valence-electron chi connectivity index (χ4n) is 4.16. The van der Waals surface area contributed by atoms with Gasteiger partial charge in [-0.1, -0.05) is 30.2 Å². The largest absolute Gasteiger partial charge is 0.573 e. The second kappa shape index (κ2) is 6.63. The molecule has 1 saturated carbocycles. The lowest BCUT2D eigenvalue weighted by Gasteiger charge is -2.42. The highest BCUT2D eigenvalue weighted by molar-refractivity contribution is 6.32. The van der Waals surface area contributed by atoms with E-state index in [-0.39, 0.29) is 22.1 Å². The summed E-state index contributed by atoms with van der Waals surface area (Å²) in [6, 6.07) is 5.47. The predicted molar refractivity (Wildman–Crippen MR) is 103 cm³/mol. The first-order chi connectivity index (χ1) is 14.2. The van der Waals surface area contributed by atoms with E-state index < -0.39 is 6.36 Å². The first-order valence-corrected chi connectivity index (χ1v) is 9.78.